The number of hydrogen-bond donors (Lipinski definition) is 1. The first-order chi connectivity index (χ1) is 6.68. The number of rotatable bonds is 2. The van der Waals surface area contributed by atoms with Crippen LogP contribution in [0.3, 0.4) is 0 Å². The van der Waals surface area contributed by atoms with Crippen LogP contribution in [-0.2, 0) is 9.59 Å². The third kappa shape index (κ3) is 1.66. The van der Waals surface area contributed by atoms with Crippen molar-refractivity contribution in [3.8, 4) is 0 Å². The van der Waals surface area contributed by atoms with E-state index in [1.54, 1.807) is 0 Å². The second kappa shape index (κ2) is 3.69. The maximum atomic E-state index is 11.6. The summed E-state index contributed by atoms with van der Waals surface area (Å²) in [4.78, 5) is 24.5. The molecule has 2 heterocycles. The summed E-state index contributed by atoms with van der Waals surface area (Å²) < 4.78 is 0. The first kappa shape index (κ1) is 9.65. The van der Waals surface area contributed by atoms with E-state index in [1.165, 1.54) is 4.90 Å². The van der Waals surface area contributed by atoms with E-state index in [0.717, 1.165) is 19.4 Å². The van der Waals surface area contributed by atoms with Crippen molar-refractivity contribution in [3.63, 3.8) is 0 Å². The summed E-state index contributed by atoms with van der Waals surface area (Å²) in [7, 11) is 0. The lowest BCUT2D eigenvalue weighted by Gasteiger charge is -2.18. The average Bonchev–Trinajstić information content (AvgIpc) is 2.71. The highest BCUT2D eigenvalue weighted by Gasteiger charge is 2.36. The summed E-state index contributed by atoms with van der Waals surface area (Å²) in [6.45, 7) is 3.40. The predicted octanol–water partition coefficient (Wildman–Crippen LogP) is 0.133. The Balaban J connectivity index is 1.96. The summed E-state index contributed by atoms with van der Waals surface area (Å²) in [5, 5.41) is 3.29. The number of nitrogens with one attached hydrogen (secondary N) is 1. The molecule has 0 aromatic heterocycles. The van der Waals surface area contributed by atoms with E-state index in [-0.39, 0.29) is 17.7 Å². The molecule has 4 heteroatoms. The molecule has 2 amide bonds. The minimum Gasteiger partial charge on any atom is -0.312 e. The fraction of sp³-hybridized carbons (Fsp3) is 0.800. The molecular formula is C10H16N2O2. The van der Waals surface area contributed by atoms with E-state index in [1.807, 2.05) is 6.92 Å². The van der Waals surface area contributed by atoms with Crippen LogP contribution in [0.5, 0.6) is 0 Å². The van der Waals surface area contributed by atoms with Crippen LogP contribution in [0, 0.1) is 5.92 Å². The molecular weight excluding hydrogens is 180 g/mol. The van der Waals surface area contributed by atoms with Gasteiger partial charge in [-0.05, 0) is 19.4 Å². The molecule has 0 saturated carbocycles. The molecule has 1 N–H and O–H groups in total. The molecule has 2 unspecified atom stereocenters. The molecule has 0 aliphatic carbocycles. The lowest BCUT2D eigenvalue weighted by Crippen LogP contribution is -2.40. The van der Waals surface area contributed by atoms with Crippen molar-refractivity contribution in [2.45, 2.75) is 32.2 Å². The van der Waals surface area contributed by atoms with Crippen LogP contribution in [0.1, 0.15) is 26.2 Å². The van der Waals surface area contributed by atoms with Crippen molar-refractivity contribution < 1.29 is 9.59 Å². The van der Waals surface area contributed by atoms with Gasteiger partial charge in [0.15, 0.2) is 0 Å². The SMILES string of the molecule is CC1CC(=O)N(CC2CCCN2)C1=O. The molecule has 0 aromatic rings. The molecule has 4 nitrogen and oxygen atoms in total. The first-order valence-electron chi connectivity index (χ1n) is 5.26. The highest BCUT2D eigenvalue weighted by atomic mass is 16.2. The number of carbonyl (C=O) groups is 2. The second-order valence-corrected chi connectivity index (χ2v) is 4.24. The van der Waals surface area contributed by atoms with E-state index in [2.05, 4.69) is 5.32 Å². The predicted molar refractivity (Wildman–Crippen MR) is 51.5 cm³/mol. The lowest BCUT2D eigenvalue weighted by atomic mass is 10.1. The van der Waals surface area contributed by atoms with Gasteiger partial charge in [-0.1, -0.05) is 6.92 Å². The van der Waals surface area contributed by atoms with Gasteiger partial charge in [-0.15, -0.1) is 0 Å². The summed E-state index contributed by atoms with van der Waals surface area (Å²) in [5.41, 5.74) is 0. The maximum Gasteiger partial charge on any atom is 0.232 e. The van der Waals surface area contributed by atoms with Gasteiger partial charge < -0.3 is 5.32 Å². The van der Waals surface area contributed by atoms with E-state index in [9.17, 15) is 9.59 Å². The zero-order valence-electron chi connectivity index (χ0n) is 8.45. The molecule has 2 atom stereocenters. The van der Waals surface area contributed by atoms with Crippen molar-refractivity contribution in [3.05, 3.63) is 0 Å². The fourth-order valence-electron chi connectivity index (χ4n) is 2.17. The summed E-state index contributed by atoms with van der Waals surface area (Å²) in [6, 6.07) is 0.327. The topological polar surface area (TPSA) is 49.4 Å². The van der Waals surface area contributed by atoms with Crippen LogP contribution in [0.25, 0.3) is 0 Å². The Morgan fingerprint density at radius 3 is 2.79 bits per heavy atom. The zero-order valence-corrected chi connectivity index (χ0v) is 8.45. The number of carbonyl (C=O) groups excluding carboxylic acids is 2. The van der Waals surface area contributed by atoms with Gasteiger partial charge in [0, 0.05) is 24.9 Å². The summed E-state index contributed by atoms with van der Waals surface area (Å²) in [5.74, 6) is -0.108. The normalized spacial score (nSPS) is 33.1. The van der Waals surface area contributed by atoms with Gasteiger partial charge in [0.1, 0.15) is 0 Å². The van der Waals surface area contributed by atoms with Crippen LogP contribution in [0.2, 0.25) is 0 Å². The molecule has 14 heavy (non-hydrogen) atoms. The van der Waals surface area contributed by atoms with Crippen molar-refractivity contribution in [2.24, 2.45) is 5.92 Å². The monoisotopic (exact) mass is 196 g/mol. The molecule has 0 bridgehead atoms. The smallest absolute Gasteiger partial charge is 0.232 e. The van der Waals surface area contributed by atoms with Gasteiger partial charge in [-0.2, -0.15) is 0 Å². The third-order valence-electron chi connectivity index (χ3n) is 3.03. The Morgan fingerprint density at radius 2 is 2.29 bits per heavy atom. The van der Waals surface area contributed by atoms with Crippen molar-refractivity contribution in [2.75, 3.05) is 13.1 Å². The molecule has 2 aliphatic rings. The van der Waals surface area contributed by atoms with Gasteiger partial charge >= 0.3 is 0 Å². The van der Waals surface area contributed by atoms with Crippen LogP contribution in [0.15, 0.2) is 0 Å². The summed E-state index contributed by atoms with van der Waals surface area (Å²) in [6.07, 6.45) is 2.62. The van der Waals surface area contributed by atoms with Crippen molar-refractivity contribution in [1.82, 2.24) is 10.2 Å². The van der Waals surface area contributed by atoms with Crippen LogP contribution < -0.4 is 5.32 Å². The third-order valence-corrected chi connectivity index (χ3v) is 3.03. The van der Waals surface area contributed by atoms with Gasteiger partial charge in [-0.3, -0.25) is 14.5 Å². The van der Waals surface area contributed by atoms with Gasteiger partial charge in [-0.25, -0.2) is 0 Å². The molecule has 2 saturated heterocycles. The molecule has 0 spiro atoms. The van der Waals surface area contributed by atoms with Crippen molar-refractivity contribution in [1.29, 1.82) is 0 Å². The molecule has 0 radical (unpaired) electrons. The van der Waals surface area contributed by atoms with E-state index >= 15 is 0 Å². The highest BCUT2D eigenvalue weighted by Crippen LogP contribution is 2.20. The van der Waals surface area contributed by atoms with Crippen LogP contribution >= 0.6 is 0 Å². The molecule has 0 aromatic carbocycles. The fourth-order valence-corrected chi connectivity index (χ4v) is 2.17. The minimum atomic E-state index is -0.107. The molecule has 2 rings (SSSR count). The Labute approximate surface area is 83.6 Å². The Kier molecular flexibility index (Phi) is 2.54. The molecule has 78 valence electrons. The number of hydrogen-bond acceptors (Lipinski definition) is 3. The minimum absolute atomic E-state index is 0.00343. The lowest BCUT2D eigenvalue weighted by molar-refractivity contribution is -0.139. The van der Waals surface area contributed by atoms with Gasteiger partial charge in [0.2, 0.25) is 11.8 Å². The molecule has 2 fully saturated rings. The first-order valence-corrected chi connectivity index (χ1v) is 5.26. The van der Waals surface area contributed by atoms with E-state index in [0.29, 0.717) is 19.0 Å². The quantitative estimate of drug-likeness (QED) is 0.639. The number of likely N-dealkylation sites (tertiary alicyclic amines) is 1. The van der Waals surface area contributed by atoms with E-state index < -0.39 is 0 Å². The summed E-state index contributed by atoms with van der Waals surface area (Å²) >= 11 is 0. The maximum absolute atomic E-state index is 11.6. The standard InChI is InChI=1S/C10H16N2O2/c1-7-5-9(13)12(10(7)14)6-8-3-2-4-11-8/h7-8,11H,2-6H2,1H3. The largest absolute Gasteiger partial charge is 0.312 e. The Morgan fingerprint density at radius 1 is 1.50 bits per heavy atom. The number of nitrogens with zero attached hydrogens (tertiary/aromatic N) is 1. The zero-order chi connectivity index (χ0) is 10.1. The highest BCUT2D eigenvalue weighted by molar-refractivity contribution is 6.03. The Bertz CT molecular complexity index is 259. The number of amides is 2. The average molecular weight is 196 g/mol. The van der Waals surface area contributed by atoms with Gasteiger partial charge in [0.05, 0.1) is 0 Å². The van der Waals surface area contributed by atoms with E-state index in [4.69, 9.17) is 0 Å². The van der Waals surface area contributed by atoms with Gasteiger partial charge in [0.25, 0.3) is 0 Å². The Hall–Kier alpha value is -0.900. The second-order valence-electron chi connectivity index (χ2n) is 4.24. The van der Waals surface area contributed by atoms with Crippen LogP contribution in [-0.4, -0.2) is 35.8 Å². The number of imide groups is 1. The van der Waals surface area contributed by atoms with Crippen LogP contribution in [0.4, 0.5) is 0 Å². The molecule has 2 aliphatic heterocycles. The van der Waals surface area contributed by atoms with Crippen molar-refractivity contribution >= 4 is 11.8 Å².